The van der Waals surface area contributed by atoms with Crippen molar-refractivity contribution >= 4 is 21.7 Å². The Labute approximate surface area is 119 Å². The fourth-order valence-corrected chi connectivity index (χ4v) is 2.08. The van der Waals surface area contributed by atoms with Gasteiger partial charge in [0.2, 0.25) is 0 Å². The van der Waals surface area contributed by atoms with Crippen molar-refractivity contribution in [1.82, 2.24) is 14.8 Å². The number of hydrogen-bond donors (Lipinski definition) is 1. The van der Waals surface area contributed by atoms with E-state index in [2.05, 4.69) is 26.0 Å². The van der Waals surface area contributed by atoms with Crippen LogP contribution < -0.4 is 5.73 Å². The fraction of sp³-hybridized carbons (Fsp3) is 0. The van der Waals surface area contributed by atoms with Crippen LogP contribution >= 0.6 is 15.9 Å². The third kappa shape index (κ3) is 2.37. The van der Waals surface area contributed by atoms with E-state index in [0.29, 0.717) is 11.6 Å². The summed E-state index contributed by atoms with van der Waals surface area (Å²) >= 11 is 3.41. The number of nitrogens with two attached hydrogens (primary N) is 1. The Hall–Kier alpha value is -2.14. The molecule has 1 aromatic carbocycles. The van der Waals surface area contributed by atoms with Crippen molar-refractivity contribution in [3.8, 4) is 17.1 Å². The largest absolute Gasteiger partial charge is 0.384 e. The summed E-state index contributed by atoms with van der Waals surface area (Å²) in [5, 5.41) is 4.49. The van der Waals surface area contributed by atoms with Crippen LogP contribution in [0.15, 0.2) is 59.2 Å². The summed E-state index contributed by atoms with van der Waals surface area (Å²) in [5.41, 5.74) is 7.84. The Kier molecular flexibility index (Phi) is 3.05. The SMILES string of the molecule is Nc1cc(-c2ccc(Br)cc2)nn1-c1ccccn1. The zero-order chi connectivity index (χ0) is 13.2. The summed E-state index contributed by atoms with van der Waals surface area (Å²) in [5.74, 6) is 1.28. The van der Waals surface area contributed by atoms with Gasteiger partial charge in [0.05, 0.1) is 5.69 Å². The summed E-state index contributed by atoms with van der Waals surface area (Å²) in [7, 11) is 0. The summed E-state index contributed by atoms with van der Waals surface area (Å²) in [6.07, 6.45) is 1.72. The summed E-state index contributed by atoms with van der Waals surface area (Å²) in [6.45, 7) is 0. The molecule has 19 heavy (non-hydrogen) atoms. The van der Waals surface area contributed by atoms with Gasteiger partial charge >= 0.3 is 0 Å². The quantitative estimate of drug-likeness (QED) is 0.789. The predicted octanol–water partition coefficient (Wildman–Crippen LogP) is 3.28. The van der Waals surface area contributed by atoms with Crippen molar-refractivity contribution in [2.24, 2.45) is 0 Å². The molecule has 0 bridgehead atoms. The maximum atomic E-state index is 5.99. The molecule has 2 heterocycles. The van der Waals surface area contributed by atoms with Gasteiger partial charge < -0.3 is 5.73 Å². The first-order chi connectivity index (χ1) is 9.24. The van der Waals surface area contributed by atoms with Gasteiger partial charge in [-0.2, -0.15) is 9.78 Å². The van der Waals surface area contributed by atoms with Gasteiger partial charge in [-0.05, 0) is 24.3 Å². The van der Waals surface area contributed by atoms with Gasteiger partial charge in [0.15, 0.2) is 5.82 Å². The lowest BCUT2D eigenvalue weighted by molar-refractivity contribution is 0.860. The second kappa shape index (κ2) is 4.85. The van der Waals surface area contributed by atoms with Crippen molar-refractivity contribution in [1.29, 1.82) is 0 Å². The van der Waals surface area contributed by atoms with E-state index in [1.807, 2.05) is 48.5 Å². The fourth-order valence-electron chi connectivity index (χ4n) is 1.82. The number of benzene rings is 1. The molecule has 0 aliphatic heterocycles. The smallest absolute Gasteiger partial charge is 0.155 e. The molecule has 0 aliphatic carbocycles. The van der Waals surface area contributed by atoms with E-state index in [9.17, 15) is 0 Å². The van der Waals surface area contributed by atoms with Gasteiger partial charge in [0.25, 0.3) is 0 Å². The second-order valence-corrected chi connectivity index (χ2v) is 4.98. The van der Waals surface area contributed by atoms with E-state index in [4.69, 9.17) is 5.73 Å². The van der Waals surface area contributed by atoms with Crippen molar-refractivity contribution in [2.45, 2.75) is 0 Å². The Morgan fingerprint density at radius 2 is 1.84 bits per heavy atom. The molecular formula is C14H11BrN4. The maximum absolute atomic E-state index is 5.99. The van der Waals surface area contributed by atoms with Crippen LogP contribution in [0.5, 0.6) is 0 Å². The molecule has 0 spiro atoms. The first-order valence-corrected chi connectivity index (χ1v) is 6.56. The van der Waals surface area contributed by atoms with Gasteiger partial charge in [-0.25, -0.2) is 4.98 Å². The van der Waals surface area contributed by atoms with Crippen LogP contribution in [0.4, 0.5) is 5.82 Å². The maximum Gasteiger partial charge on any atom is 0.155 e. The average Bonchev–Trinajstić information content (AvgIpc) is 2.83. The molecular weight excluding hydrogens is 304 g/mol. The Morgan fingerprint density at radius 1 is 1.05 bits per heavy atom. The van der Waals surface area contributed by atoms with Crippen LogP contribution in [0.3, 0.4) is 0 Å². The van der Waals surface area contributed by atoms with E-state index in [1.54, 1.807) is 10.9 Å². The third-order valence-electron chi connectivity index (χ3n) is 2.74. The number of anilines is 1. The summed E-state index contributed by atoms with van der Waals surface area (Å²) in [6, 6.07) is 15.4. The van der Waals surface area contributed by atoms with Crippen molar-refractivity contribution in [3.05, 3.63) is 59.2 Å². The third-order valence-corrected chi connectivity index (χ3v) is 3.27. The van der Waals surface area contributed by atoms with Gasteiger partial charge in [-0.3, -0.25) is 0 Å². The number of nitrogen functional groups attached to an aromatic ring is 1. The Bertz CT molecular complexity index is 689. The normalized spacial score (nSPS) is 10.6. The van der Waals surface area contributed by atoms with Gasteiger partial charge in [-0.15, -0.1) is 0 Å². The van der Waals surface area contributed by atoms with Crippen LogP contribution in [0.2, 0.25) is 0 Å². The number of pyridine rings is 1. The molecule has 2 aromatic heterocycles. The van der Waals surface area contributed by atoms with E-state index in [-0.39, 0.29) is 0 Å². The van der Waals surface area contributed by atoms with Crippen molar-refractivity contribution in [3.63, 3.8) is 0 Å². The Morgan fingerprint density at radius 3 is 2.53 bits per heavy atom. The van der Waals surface area contributed by atoms with Crippen molar-refractivity contribution in [2.75, 3.05) is 5.73 Å². The number of aromatic nitrogens is 3. The van der Waals surface area contributed by atoms with Crippen LogP contribution in [-0.4, -0.2) is 14.8 Å². The van der Waals surface area contributed by atoms with E-state index in [0.717, 1.165) is 15.7 Å². The molecule has 0 atom stereocenters. The number of nitrogens with zero attached hydrogens (tertiary/aromatic N) is 3. The molecule has 0 aliphatic rings. The molecule has 94 valence electrons. The van der Waals surface area contributed by atoms with Gasteiger partial charge in [-0.1, -0.05) is 34.1 Å². The van der Waals surface area contributed by atoms with Crippen LogP contribution in [0.1, 0.15) is 0 Å². The molecule has 0 radical (unpaired) electrons. The van der Waals surface area contributed by atoms with Gasteiger partial charge in [0, 0.05) is 22.3 Å². The molecule has 0 saturated carbocycles. The lowest BCUT2D eigenvalue weighted by atomic mass is 10.2. The first kappa shape index (κ1) is 11.9. The number of rotatable bonds is 2. The minimum absolute atomic E-state index is 0.566. The minimum atomic E-state index is 0.566. The Balaban J connectivity index is 2.04. The second-order valence-electron chi connectivity index (χ2n) is 4.06. The molecule has 0 fully saturated rings. The highest BCUT2D eigenvalue weighted by Gasteiger charge is 2.09. The summed E-state index contributed by atoms with van der Waals surface area (Å²) < 4.78 is 2.67. The lowest BCUT2D eigenvalue weighted by Crippen LogP contribution is -2.03. The van der Waals surface area contributed by atoms with E-state index < -0.39 is 0 Å². The molecule has 4 nitrogen and oxygen atoms in total. The molecule has 3 aromatic rings. The zero-order valence-corrected chi connectivity index (χ0v) is 11.6. The summed E-state index contributed by atoms with van der Waals surface area (Å²) in [4.78, 5) is 4.24. The average molecular weight is 315 g/mol. The molecule has 0 unspecified atom stereocenters. The topological polar surface area (TPSA) is 56.7 Å². The highest BCUT2D eigenvalue weighted by Crippen LogP contribution is 2.23. The van der Waals surface area contributed by atoms with Crippen molar-refractivity contribution < 1.29 is 0 Å². The molecule has 5 heteroatoms. The standard InChI is InChI=1S/C14H11BrN4/c15-11-6-4-10(5-7-11)12-9-13(16)19(18-12)14-3-1-2-8-17-14/h1-9H,16H2. The number of hydrogen-bond acceptors (Lipinski definition) is 3. The minimum Gasteiger partial charge on any atom is -0.384 e. The van der Waals surface area contributed by atoms with Crippen LogP contribution in [-0.2, 0) is 0 Å². The molecule has 0 saturated heterocycles. The molecule has 2 N–H and O–H groups in total. The lowest BCUT2D eigenvalue weighted by Gasteiger charge is -2.01. The van der Waals surface area contributed by atoms with Crippen LogP contribution in [0, 0.1) is 0 Å². The van der Waals surface area contributed by atoms with Gasteiger partial charge in [0.1, 0.15) is 5.82 Å². The highest BCUT2D eigenvalue weighted by atomic mass is 79.9. The molecule has 0 amide bonds. The highest BCUT2D eigenvalue weighted by molar-refractivity contribution is 9.10. The predicted molar refractivity (Wildman–Crippen MR) is 78.9 cm³/mol. The zero-order valence-electron chi connectivity index (χ0n) is 9.99. The number of halogens is 1. The molecule has 3 rings (SSSR count). The monoisotopic (exact) mass is 314 g/mol. The first-order valence-electron chi connectivity index (χ1n) is 5.77. The van der Waals surface area contributed by atoms with E-state index >= 15 is 0 Å². The van der Waals surface area contributed by atoms with E-state index in [1.165, 1.54) is 0 Å². The van der Waals surface area contributed by atoms with Crippen LogP contribution in [0.25, 0.3) is 17.1 Å².